The highest BCUT2D eigenvalue weighted by molar-refractivity contribution is 5.53. The summed E-state index contributed by atoms with van der Waals surface area (Å²) >= 11 is 0. The lowest BCUT2D eigenvalue weighted by atomic mass is 9.88. The molecule has 0 radical (unpaired) electrons. The van der Waals surface area contributed by atoms with Crippen molar-refractivity contribution >= 4 is 5.69 Å². The van der Waals surface area contributed by atoms with E-state index >= 15 is 0 Å². The van der Waals surface area contributed by atoms with Crippen LogP contribution in [0, 0.1) is 16.0 Å². The van der Waals surface area contributed by atoms with Gasteiger partial charge in [-0.2, -0.15) is 0 Å². The van der Waals surface area contributed by atoms with E-state index in [2.05, 4.69) is 13.8 Å². The van der Waals surface area contributed by atoms with E-state index < -0.39 is 0 Å². The average Bonchev–Trinajstić information content (AvgIpc) is 2.72. The molecule has 92 valence electrons. The number of ether oxygens (including phenoxy) is 1. The zero-order chi connectivity index (χ0) is 12.6. The van der Waals surface area contributed by atoms with E-state index in [-0.39, 0.29) is 16.5 Å². The first-order chi connectivity index (χ1) is 8.00. The Labute approximate surface area is 101 Å². The first-order valence-corrected chi connectivity index (χ1v) is 5.94. The Morgan fingerprint density at radius 2 is 2.06 bits per heavy atom. The number of fused-ring (bicyclic) bond motifs is 1. The molecule has 1 aliphatic rings. The molecule has 1 unspecified atom stereocenters. The van der Waals surface area contributed by atoms with Crippen LogP contribution in [0.15, 0.2) is 12.1 Å². The molecule has 4 nitrogen and oxygen atoms in total. The number of nitrogens with zero attached hydrogens (tertiary/aromatic N) is 1. The normalized spacial score (nSPS) is 15.5. The molecule has 0 bridgehead atoms. The third kappa shape index (κ3) is 2.12. The van der Waals surface area contributed by atoms with Crippen molar-refractivity contribution in [2.24, 2.45) is 5.92 Å². The van der Waals surface area contributed by atoms with E-state index in [4.69, 9.17) is 4.74 Å². The van der Waals surface area contributed by atoms with Crippen LogP contribution in [0.1, 0.15) is 37.8 Å². The summed E-state index contributed by atoms with van der Waals surface area (Å²) in [5.74, 6) is 1.34. The largest absolute Gasteiger partial charge is 0.493 e. The van der Waals surface area contributed by atoms with Gasteiger partial charge in [-0.3, -0.25) is 10.1 Å². The highest BCUT2D eigenvalue weighted by Crippen LogP contribution is 2.38. The van der Waals surface area contributed by atoms with E-state index in [1.54, 1.807) is 6.07 Å². The van der Waals surface area contributed by atoms with E-state index in [1.807, 2.05) is 13.0 Å². The summed E-state index contributed by atoms with van der Waals surface area (Å²) < 4.78 is 5.48. The topological polar surface area (TPSA) is 52.4 Å². The van der Waals surface area contributed by atoms with Crippen LogP contribution >= 0.6 is 0 Å². The van der Waals surface area contributed by atoms with Crippen LogP contribution in [0.3, 0.4) is 0 Å². The zero-order valence-corrected chi connectivity index (χ0v) is 10.4. The minimum atomic E-state index is -0.285. The number of hydrogen-bond acceptors (Lipinski definition) is 3. The Morgan fingerprint density at radius 3 is 2.65 bits per heavy atom. The molecule has 1 aromatic carbocycles. The van der Waals surface area contributed by atoms with E-state index in [9.17, 15) is 10.1 Å². The van der Waals surface area contributed by atoms with Crippen molar-refractivity contribution in [1.82, 2.24) is 0 Å². The second kappa shape index (κ2) is 4.35. The Bertz CT molecular complexity index is 454. The molecular formula is C13H17NO3. The Balaban J connectivity index is 2.52. The molecule has 0 aromatic heterocycles. The van der Waals surface area contributed by atoms with Gasteiger partial charge in [-0.1, -0.05) is 20.8 Å². The average molecular weight is 235 g/mol. The van der Waals surface area contributed by atoms with Crippen molar-refractivity contribution in [2.75, 3.05) is 6.61 Å². The summed E-state index contributed by atoms with van der Waals surface area (Å²) in [5, 5.41) is 11.1. The lowest BCUT2D eigenvalue weighted by Gasteiger charge is -2.16. The molecule has 2 rings (SSSR count). The molecule has 1 aliphatic heterocycles. The standard InChI is InChI=1S/C13H17NO3/c1-8(2)9(3)11-7-13-10(4-5-17-13)6-12(11)14(15)16/h6-9H,4-5H2,1-3H3. The van der Waals surface area contributed by atoms with Gasteiger partial charge in [0.2, 0.25) is 0 Å². The molecular weight excluding hydrogens is 218 g/mol. The summed E-state index contributed by atoms with van der Waals surface area (Å²) in [6.45, 7) is 6.80. The number of nitro groups is 1. The Morgan fingerprint density at radius 1 is 1.35 bits per heavy atom. The highest BCUT2D eigenvalue weighted by atomic mass is 16.6. The van der Waals surface area contributed by atoms with Crippen LogP contribution in [0.4, 0.5) is 5.69 Å². The van der Waals surface area contributed by atoms with Crippen molar-refractivity contribution in [3.63, 3.8) is 0 Å². The molecule has 4 heteroatoms. The lowest BCUT2D eigenvalue weighted by Crippen LogP contribution is -2.06. The molecule has 0 N–H and O–H groups in total. The Kier molecular flexibility index (Phi) is 3.05. The van der Waals surface area contributed by atoms with Crippen LogP contribution < -0.4 is 4.74 Å². The molecule has 1 aromatic rings. The molecule has 17 heavy (non-hydrogen) atoms. The molecule has 0 saturated carbocycles. The molecule has 1 atom stereocenters. The smallest absolute Gasteiger partial charge is 0.273 e. The van der Waals surface area contributed by atoms with E-state index in [1.165, 1.54) is 0 Å². The lowest BCUT2D eigenvalue weighted by molar-refractivity contribution is -0.385. The van der Waals surface area contributed by atoms with Crippen LogP contribution in [-0.4, -0.2) is 11.5 Å². The molecule has 0 amide bonds. The maximum absolute atomic E-state index is 11.1. The predicted octanol–water partition coefficient (Wildman–Crippen LogP) is 3.29. The minimum absolute atomic E-state index is 0.157. The fraction of sp³-hybridized carbons (Fsp3) is 0.538. The van der Waals surface area contributed by atoms with Crippen LogP contribution in [-0.2, 0) is 6.42 Å². The van der Waals surface area contributed by atoms with Gasteiger partial charge in [0, 0.05) is 23.6 Å². The number of benzene rings is 1. The quantitative estimate of drug-likeness (QED) is 0.596. The maximum Gasteiger partial charge on any atom is 0.273 e. The fourth-order valence-electron chi connectivity index (χ4n) is 2.11. The van der Waals surface area contributed by atoms with Crippen molar-refractivity contribution in [3.8, 4) is 5.75 Å². The van der Waals surface area contributed by atoms with Crippen molar-refractivity contribution in [3.05, 3.63) is 33.4 Å². The van der Waals surface area contributed by atoms with E-state index in [0.29, 0.717) is 12.5 Å². The van der Waals surface area contributed by atoms with Gasteiger partial charge in [0.1, 0.15) is 5.75 Å². The summed E-state index contributed by atoms with van der Waals surface area (Å²) in [5.41, 5.74) is 1.97. The molecule has 1 heterocycles. The third-order valence-electron chi connectivity index (χ3n) is 3.53. The highest BCUT2D eigenvalue weighted by Gasteiger charge is 2.26. The number of nitro benzene ring substituents is 1. The van der Waals surface area contributed by atoms with Gasteiger partial charge in [0.25, 0.3) is 5.69 Å². The first kappa shape index (κ1) is 11.9. The molecule has 0 aliphatic carbocycles. The minimum Gasteiger partial charge on any atom is -0.493 e. The van der Waals surface area contributed by atoms with Gasteiger partial charge >= 0.3 is 0 Å². The molecule has 0 spiro atoms. The van der Waals surface area contributed by atoms with Crippen LogP contribution in [0.25, 0.3) is 0 Å². The van der Waals surface area contributed by atoms with E-state index in [0.717, 1.165) is 23.3 Å². The molecule has 0 saturated heterocycles. The van der Waals surface area contributed by atoms with Gasteiger partial charge in [0.15, 0.2) is 0 Å². The van der Waals surface area contributed by atoms with Gasteiger partial charge in [-0.25, -0.2) is 0 Å². The van der Waals surface area contributed by atoms with Crippen molar-refractivity contribution in [1.29, 1.82) is 0 Å². The second-order valence-electron chi connectivity index (χ2n) is 4.91. The van der Waals surface area contributed by atoms with Gasteiger partial charge in [0.05, 0.1) is 11.5 Å². The van der Waals surface area contributed by atoms with Crippen molar-refractivity contribution in [2.45, 2.75) is 33.1 Å². The summed E-state index contributed by atoms with van der Waals surface area (Å²) in [6.07, 6.45) is 0.770. The maximum atomic E-state index is 11.1. The van der Waals surface area contributed by atoms with Crippen LogP contribution in [0.2, 0.25) is 0 Å². The second-order valence-corrected chi connectivity index (χ2v) is 4.91. The van der Waals surface area contributed by atoms with Gasteiger partial charge < -0.3 is 4.74 Å². The zero-order valence-electron chi connectivity index (χ0n) is 10.4. The SMILES string of the molecule is CC(C)C(C)c1cc2c(cc1[N+](=O)[O-])CCO2. The summed E-state index contributed by atoms with van der Waals surface area (Å²) in [6, 6.07) is 3.53. The monoisotopic (exact) mass is 235 g/mol. The molecule has 0 fully saturated rings. The summed E-state index contributed by atoms with van der Waals surface area (Å²) in [4.78, 5) is 10.8. The van der Waals surface area contributed by atoms with Crippen molar-refractivity contribution < 1.29 is 9.66 Å². The number of hydrogen-bond donors (Lipinski definition) is 0. The van der Waals surface area contributed by atoms with Gasteiger partial charge in [-0.15, -0.1) is 0 Å². The predicted molar refractivity (Wildman–Crippen MR) is 65.5 cm³/mol. The number of rotatable bonds is 3. The van der Waals surface area contributed by atoms with Crippen LogP contribution in [0.5, 0.6) is 5.75 Å². The first-order valence-electron chi connectivity index (χ1n) is 5.94. The Hall–Kier alpha value is -1.58. The summed E-state index contributed by atoms with van der Waals surface area (Å²) in [7, 11) is 0. The van der Waals surface area contributed by atoms with Gasteiger partial charge in [-0.05, 0) is 17.9 Å². The third-order valence-corrected chi connectivity index (χ3v) is 3.53. The fourth-order valence-corrected chi connectivity index (χ4v) is 2.11.